The lowest BCUT2D eigenvalue weighted by Gasteiger charge is -2.26. The topological polar surface area (TPSA) is 17.1 Å². The summed E-state index contributed by atoms with van der Waals surface area (Å²) in [6, 6.07) is 5.33. The highest BCUT2D eigenvalue weighted by Gasteiger charge is 2.37. The SMILES string of the molecule is Cc1cccc(CC(=O)C2CC3CCC(C2)S3)c1F. The number of benzene rings is 1. The van der Waals surface area contributed by atoms with Crippen molar-refractivity contribution in [2.45, 2.75) is 49.5 Å². The molecule has 0 N–H and O–H groups in total. The van der Waals surface area contributed by atoms with Gasteiger partial charge in [-0.25, -0.2) is 4.39 Å². The number of rotatable bonds is 3. The number of ketones is 1. The van der Waals surface area contributed by atoms with Gasteiger partial charge in [-0.05, 0) is 43.7 Å². The summed E-state index contributed by atoms with van der Waals surface area (Å²) in [5, 5.41) is 1.35. The van der Waals surface area contributed by atoms with Crippen LogP contribution in [0, 0.1) is 18.7 Å². The molecule has 102 valence electrons. The van der Waals surface area contributed by atoms with Gasteiger partial charge in [0, 0.05) is 22.8 Å². The summed E-state index contributed by atoms with van der Waals surface area (Å²) < 4.78 is 13.9. The third kappa shape index (κ3) is 2.71. The average molecular weight is 278 g/mol. The van der Waals surface area contributed by atoms with Crippen molar-refractivity contribution >= 4 is 17.5 Å². The summed E-state index contributed by atoms with van der Waals surface area (Å²) in [6.45, 7) is 1.75. The summed E-state index contributed by atoms with van der Waals surface area (Å²) in [6.07, 6.45) is 4.80. The van der Waals surface area contributed by atoms with Gasteiger partial charge >= 0.3 is 0 Å². The lowest BCUT2D eigenvalue weighted by molar-refractivity contribution is -0.122. The first kappa shape index (κ1) is 13.2. The van der Waals surface area contributed by atoms with Crippen molar-refractivity contribution in [2.75, 3.05) is 0 Å². The van der Waals surface area contributed by atoms with Crippen LogP contribution in [0.4, 0.5) is 4.39 Å². The van der Waals surface area contributed by atoms with Crippen molar-refractivity contribution < 1.29 is 9.18 Å². The minimum absolute atomic E-state index is 0.165. The maximum absolute atomic E-state index is 13.9. The summed E-state index contributed by atoms with van der Waals surface area (Å²) in [5.74, 6) is 0.198. The van der Waals surface area contributed by atoms with E-state index in [2.05, 4.69) is 11.8 Å². The first-order valence-corrected chi connectivity index (χ1v) is 8.00. The Balaban J connectivity index is 1.69. The molecule has 2 heterocycles. The number of carbonyl (C=O) groups excluding carboxylic acids is 1. The van der Waals surface area contributed by atoms with Crippen molar-refractivity contribution in [3.8, 4) is 0 Å². The van der Waals surface area contributed by atoms with Crippen LogP contribution in [0.15, 0.2) is 18.2 Å². The molecular formula is C16H19FOS. The Labute approximate surface area is 118 Å². The molecule has 1 aromatic carbocycles. The zero-order valence-corrected chi connectivity index (χ0v) is 12.0. The lowest BCUT2D eigenvalue weighted by atomic mass is 9.90. The predicted molar refractivity (Wildman–Crippen MR) is 77.0 cm³/mol. The number of Topliss-reactive ketones (excluding diaryl/α,β-unsaturated/α-hetero) is 1. The molecule has 2 aliphatic heterocycles. The number of hydrogen-bond acceptors (Lipinski definition) is 2. The molecule has 0 spiro atoms. The number of carbonyl (C=O) groups is 1. The first-order chi connectivity index (χ1) is 9.13. The van der Waals surface area contributed by atoms with Gasteiger partial charge in [-0.15, -0.1) is 0 Å². The van der Waals surface area contributed by atoms with Gasteiger partial charge in [0.2, 0.25) is 0 Å². The molecule has 19 heavy (non-hydrogen) atoms. The van der Waals surface area contributed by atoms with E-state index in [9.17, 15) is 9.18 Å². The van der Waals surface area contributed by atoms with Crippen LogP contribution in [0.2, 0.25) is 0 Å². The highest BCUT2D eigenvalue weighted by atomic mass is 32.2. The minimum Gasteiger partial charge on any atom is -0.299 e. The Morgan fingerprint density at radius 2 is 2.00 bits per heavy atom. The zero-order chi connectivity index (χ0) is 13.4. The molecule has 1 aromatic rings. The van der Waals surface area contributed by atoms with Crippen LogP contribution < -0.4 is 0 Å². The Hall–Kier alpha value is -0.830. The van der Waals surface area contributed by atoms with E-state index in [0.717, 1.165) is 12.8 Å². The standard InChI is InChI=1S/C16H19FOS/c1-10-3-2-4-11(16(10)17)9-15(18)12-7-13-5-6-14(8-12)19-13/h2-4,12-14H,5-9H2,1H3. The molecule has 0 radical (unpaired) electrons. The van der Waals surface area contributed by atoms with E-state index in [1.807, 2.05) is 6.07 Å². The zero-order valence-electron chi connectivity index (χ0n) is 11.2. The van der Waals surface area contributed by atoms with E-state index in [1.165, 1.54) is 12.8 Å². The molecule has 2 bridgehead atoms. The second kappa shape index (κ2) is 5.28. The van der Waals surface area contributed by atoms with Gasteiger partial charge < -0.3 is 0 Å². The van der Waals surface area contributed by atoms with Crippen LogP contribution in [0.1, 0.15) is 36.8 Å². The molecule has 2 fully saturated rings. The summed E-state index contributed by atoms with van der Waals surface area (Å²) in [7, 11) is 0. The highest BCUT2D eigenvalue weighted by molar-refractivity contribution is 8.00. The van der Waals surface area contributed by atoms with Gasteiger partial charge in [-0.1, -0.05) is 18.2 Å². The van der Waals surface area contributed by atoms with E-state index >= 15 is 0 Å². The van der Waals surface area contributed by atoms with Gasteiger partial charge in [0.05, 0.1) is 0 Å². The van der Waals surface area contributed by atoms with Crippen LogP contribution in [0.25, 0.3) is 0 Å². The average Bonchev–Trinajstić information content (AvgIpc) is 2.73. The summed E-state index contributed by atoms with van der Waals surface area (Å²) in [4.78, 5) is 12.4. The maximum atomic E-state index is 13.9. The van der Waals surface area contributed by atoms with E-state index in [-0.39, 0.29) is 23.9 Å². The second-order valence-corrected chi connectivity index (χ2v) is 7.42. The molecule has 3 rings (SSSR count). The number of hydrogen-bond donors (Lipinski definition) is 0. The quantitative estimate of drug-likeness (QED) is 0.833. The van der Waals surface area contributed by atoms with Crippen molar-refractivity contribution in [1.82, 2.24) is 0 Å². The number of aryl methyl sites for hydroxylation is 1. The number of halogens is 1. The third-order valence-corrected chi connectivity index (χ3v) is 6.01. The van der Waals surface area contributed by atoms with Crippen LogP contribution in [-0.4, -0.2) is 16.3 Å². The van der Waals surface area contributed by atoms with Crippen LogP contribution >= 0.6 is 11.8 Å². The molecule has 1 nitrogen and oxygen atoms in total. The van der Waals surface area contributed by atoms with Crippen LogP contribution in [-0.2, 0) is 11.2 Å². The van der Waals surface area contributed by atoms with Crippen LogP contribution in [0.5, 0.6) is 0 Å². The van der Waals surface area contributed by atoms with Gasteiger partial charge in [0.15, 0.2) is 0 Å². The molecule has 2 saturated heterocycles. The molecule has 0 aromatic heterocycles. The molecule has 2 unspecified atom stereocenters. The largest absolute Gasteiger partial charge is 0.299 e. The first-order valence-electron chi connectivity index (χ1n) is 7.05. The maximum Gasteiger partial charge on any atom is 0.140 e. The van der Waals surface area contributed by atoms with Crippen molar-refractivity contribution in [2.24, 2.45) is 5.92 Å². The molecule has 0 aliphatic carbocycles. The van der Waals surface area contributed by atoms with Gasteiger partial charge in [0.25, 0.3) is 0 Å². The van der Waals surface area contributed by atoms with Gasteiger partial charge in [-0.3, -0.25) is 4.79 Å². The molecule has 0 amide bonds. The molecule has 0 saturated carbocycles. The molecule has 2 aliphatic rings. The minimum atomic E-state index is -0.205. The van der Waals surface area contributed by atoms with Crippen molar-refractivity contribution in [3.05, 3.63) is 35.1 Å². The number of fused-ring (bicyclic) bond motifs is 2. The van der Waals surface area contributed by atoms with E-state index in [4.69, 9.17) is 0 Å². The Morgan fingerprint density at radius 1 is 1.32 bits per heavy atom. The monoisotopic (exact) mass is 278 g/mol. The Kier molecular flexibility index (Phi) is 3.66. The fourth-order valence-electron chi connectivity index (χ4n) is 3.30. The summed E-state index contributed by atoms with van der Waals surface area (Å²) >= 11 is 2.06. The molecular weight excluding hydrogens is 259 g/mol. The van der Waals surface area contributed by atoms with E-state index in [1.54, 1.807) is 19.1 Å². The Bertz CT molecular complexity index is 488. The molecule has 3 heteroatoms. The number of thioether (sulfide) groups is 1. The van der Waals surface area contributed by atoms with Crippen LogP contribution in [0.3, 0.4) is 0 Å². The van der Waals surface area contributed by atoms with Gasteiger partial charge in [0.1, 0.15) is 11.6 Å². The smallest absolute Gasteiger partial charge is 0.140 e. The molecule has 2 atom stereocenters. The van der Waals surface area contributed by atoms with Crippen molar-refractivity contribution in [3.63, 3.8) is 0 Å². The predicted octanol–water partition coefficient (Wildman–Crippen LogP) is 3.92. The highest BCUT2D eigenvalue weighted by Crippen LogP contribution is 2.46. The lowest BCUT2D eigenvalue weighted by Crippen LogP contribution is -2.26. The summed E-state index contributed by atoms with van der Waals surface area (Å²) in [5.41, 5.74) is 1.19. The second-order valence-electron chi connectivity index (χ2n) is 5.82. The third-order valence-electron chi connectivity index (χ3n) is 4.38. The van der Waals surface area contributed by atoms with Gasteiger partial charge in [-0.2, -0.15) is 11.8 Å². The van der Waals surface area contributed by atoms with E-state index in [0.29, 0.717) is 21.6 Å². The Morgan fingerprint density at radius 3 is 2.68 bits per heavy atom. The van der Waals surface area contributed by atoms with E-state index < -0.39 is 0 Å². The fourth-order valence-corrected chi connectivity index (χ4v) is 5.07. The van der Waals surface area contributed by atoms with Crippen molar-refractivity contribution in [1.29, 1.82) is 0 Å². The fraction of sp³-hybridized carbons (Fsp3) is 0.562. The normalized spacial score (nSPS) is 29.5.